The molecule has 0 aliphatic carbocycles. The molecule has 12 nitrogen and oxygen atoms in total. The van der Waals surface area contributed by atoms with Crippen molar-refractivity contribution in [3.8, 4) is 0 Å². The van der Waals surface area contributed by atoms with E-state index in [0.717, 1.165) is 21.6 Å². The molecule has 0 aliphatic rings. The quantitative estimate of drug-likeness (QED) is 0.110. The number of carbonyl (C=O) groups is 5. The molecule has 5 amide bonds. The monoisotopic (exact) mass is 644 g/mol. The van der Waals surface area contributed by atoms with Crippen molar-refractivity contribution in [3.63, 3.8) is 0 Å². The molecule has 0 aliphatic heterocycles. The SMILES string of the molecule is Cc1ccccc1NC(=O)NCCCC[C@H](N)C(=O)N[C@@H](CC(=O)OCc1ccccc1)C(=O)N(C)[C@@H](Cc1ccccc1)C(N)=O. The minimum atomic E-state index is -1.36. The van der Waals surface area contributed by atoms with Crippen LogP contribution >= 0.6 is 0 Å². The molecule has 0 unspecified atom stereocenters. The summed E-state index contributed by atoms with van der Waals surface area (Å²) in [6.07, 6.45) is 0.996. The first-order chi connectivity index (χ1) is 22.5. The van der Waals surface area contributed by atoms with Gasteiger partial charge < -0.3 is 37.1 Å². The first-order valence-electron chi connectivity index (χ1n) is 15.5. The molecular weight excluding hydrogens is 600 g/mol. The van der Waals surface area contributed by atoms with Crippen LogP contribution in [0.15, 0.2) is 84.9 Å². The maximum absolute atomic E-state index is 13.7. The highest BCUT2D eigenvalue weighted by Crippen LogP contribution is 2.14. The Bertz CT molecular complexity index is 1490. The number of carbonyl (C=O) groups excluding carboxylic acids is 5. The number of esters is 1. The van der Waals surface area contributed by atoms with Crippen molar-refractivity contribution in [2.75, 3.05) is 18.9 Å². The number of hydrogen-bond donors (Lipinski definition) is 5. The van der Waals surface area contributed by atoms with Gasteiger partial charge in [-0.25, -0.2) is 4.79 Å². The molecule has 250 valence electrons. The number of nitrogens with two attached hydrogens (primary N) is 2. The van der Waals surface area contributed by atoms with E-state index >= 15 is 0 Å². The van der Waals surface area contributed by atoms with E-state index in [1.165, 1.54) is 7.05 Å². The van der Waals surface area contributed by atoms with Crippen LogP contribution in [0.4, 0.5) is 10.5 Å². The second kappa shape index (κ2) is 18.7. The zero-order valence-corrected chi connectivity index (χ0v) is 26.8. The Balaban J connectivity index is 1.58. The summed E-state index contributed by atoms with van der Waals surface area (Å²) in [6.45, 7) is 2.24. The largest absolute Gasteiger partial charge is 0.461 e. The van der Waals surface area contributed by atoms with Gasteiger partial charge in [0.25, 0.3) is 0 Å². The zero-order chi connectivity index (χ0) is 34.2. The molecule has 0 aromatic heterocycles. The highest BCUT2D eigenvalue weighted by molar-refractivity contribution is 5.95. The highest BCUT2D eigenvalue weighted by atomic mass is 16.5. The molecule has 0 radical (unpaired) electrons. The molecule has 47 heavy (non-hydrogen) atoms. The Labute approximate surface area is 275 Å². The van der Waals surface area contributed by atoms with Gasteiger partial charge in [-0.05, 0) is 48.9 Å². The number of urea groups is 1. The van der Waals surface area contributed by atoms with Gasteiger partial charge in [0.1, 0.15) is 18.7 Å². The van der Waals surface area contributed by atoms with Crippen LogP contribution in [-0.2, 0) is 36.9 Å². The van der Waals surface area contributed by atoms with Crippen molar-refractivity contribution in [1.29, 1.82) is 0 Å². The number of ether oxygens (including phenoxy) is 1. The Morgan fingerprint density at radius 2 is 1.47 bits per heavy atom. The van der Waals surface area contributed by atoms with Crippen LogP contribution in [0.5, 0.6) is 0 Å². The summed E-state index contributed by atoms with van der Waals surface area (Å²) in [4.78, 5) is 65.4. The molecule has 0 bridgehead atoms. The number of primary amides is 1. The number of anilines is 1. The lowest BCUT2D eigenvalue weighted by atomic mass is 10.0. The van der Waals surface area contributed by atoms with Gasteiger partial charge in [-0.15, -0.1) is 0 Å². The molecule has 0 spiro atoms. The Kier molecular flexibility index (Phi) is 14.4. The number of nitrogens with one attached hydrogen (secondary N) is 3. The summed E-state index contributed by atoms with van der Waals surface area (Å²) in [5.74, 6) is -2.79. The Hall–Kier alpha value is -5.23. The smallest absolute Gasteiger partial charge is 0.319 e. The fourth-order valence-electron chi connectivity index (χ4n) is 4.81. The van der Waals surface area contributed by atoms with Gasteiger partial charge in [-0.3, -0.25) is 19.2 Å². The fourth-order valence-corrected chi connectivity index (χ4v) is 4.81. The van der Waals surface area contributed by atoms with Crippen LogP contribution in [-0.4, -0.2) is 66.3 Å². The van der Waals surface area contributed by atoms with Gasteiger partial charge in [0, 0.05) is 25.7 Å². The number of likely N-dealkylation sites (N-methyl/N-ethyl adjacent to an activating group) is 1. The van der Waals surface area contributed by atoms with E-state index in [-0.39, 0.29) is 25.5 Å². The molecular formula is C35H44N6O6. The highest BCUT2D eigenvalue weighted by Gasteiger charge is 2.33. The van der Waals surface area contributed by atoms with Gasteiger partial charge in [-0.2, -0.15) is 0 Å². The van der Waals surface area contributed by atoms with Crippen molar-refractivity contribution < 1.29 is 28.7 Å². The van der Waals surface area contributed by atoms with Crippen molar-refractivity contribution >= 4 is 35.4 Å². The van der Waals surface area contributed by atoms with Crippen LogP contribution in [0.2, 0.25) is 0 Å². The number of para-hydroxylation sites is 1. The molecule has 0 saturated carbocycles. The average Bonchev–Trinajstić information content (AvgIpc) is 3.06. The topological polar surface area (TPSA) is 186 Å². The fraction of sp³-hybridized carbons (Fsp3) is 0.343. The Morgan fingerprint density at radius 3 is 2.11 bits per heavy atom. The third-order valence-electron chi connectivity index (χ3n) is 7.60. The molecule has 3 atom stereocenters. The van der Waals surface area contributed by atoms with Gasteiger partial charge in [0.15, 0.2) is 0 Å². The molecule has 3 aromatic carbocycles. The van der Waals surface area contributed by atoms with E-state index in [9.17, 15) is 24.0 Å². The maximum atomic E-state index is 13.7. The van der Waals surface area contributed by atoms with E-state index < -0.39 is 48.2 Å². The maximum Gasteiger partial charge on any atom is 0.319 e. The molecule has 0 saturated heterocycles. The number of unbranched alkanes of at least 4 members (excludes halogenated alkanes) is 1. The van der Waals surface area contributed by atoms with Crippen molar-refractivity contribution in [1.82, 2.24) is 15.5 Å². The molecule has 3 rings (SSSR count). The number of amides is 5. The number of aryl methyl sites for hydroxylation is 1. The second-order valence-electron chi connectivity index (χ2n) is 11.3. The molecule has 0 fully saturated rings. The van der Waals surface area contributed by atoms with Crippen LogP contribution in [0, 0.1) is 6.92 Å². The lowest BCUT2D eigenvalue weighted by Gasteiger charge is -2.30. The molecule has 7 N–H and O–H groups in total. The van der Waals surface area contributed by atoms with E-state index in [1.54, 1.807) is 48.5 Å². The van der Waals surface area contributed by atoms with Crippen LogP contribution < -0.4 is 27.4 Å². The first kappa shape index (κ1) is 36.2. The minimum absolute atomic E-state index is 0.0151. The predicted octanol–water partition coefficient (Wildman–Crippen LogP) is 2.79. The predicted molar refractivity (Wildman–Crippen MR) is 179 cm³/mol. The molecule has 3 aromatic rings. The summed E-state index contributed by atoms with van der Waals surface area (Å²) in [6, 6.07) is 21.8. The van der Waals surface area contributed by atoms with Crippen molar-refractivity contribution in [3.05, 3.63) is 102 Å². The van der Waals surface area contributed by atoms with Gasteiger partial charge >= 0.3 is 12.0 Å². The minimum Gasteiger partial charge on any atom is -0.461 e. The zero-order valence-electron chi connectivity index (χ0n) is 26.8. The third kappa shape index (κ3) is 12.2. The standard InChI is InChI=1S/C35H44N6O6/c1-24-13-9-10-19-28(24)40-35(46)38-20-12-11-18-27(36)33(44)39-29(22-31(42)47-23-26-16-7-4-8-17-26)34(45)41(2)30(32(37)43)21-25-14-5-3-6-15-25/h3-10,13-17,19,27,29-30H,11-12,18,20-23,36H2,1-2H3,(H2,37,43)(H,39,44)(H2,38,40,46)/t27-,29-,30-/m0/s1. The van der Waals surface area contributed by atoms with E-state index in [0.29, 0.717) is 25.1 Å². The summed E-state index contributed by atoms with van der Waals surface area (Å²) in [5.41, 5.74) is 15.0. The van der Waals surface area contributed by atoms with Crippen molar-refractivity contribution in [2.24, 2.45) is 11.5 Å². The van der Waals surface area contributed by atoms with Crippen LogP contribution in [0.1, 0.15) is 42.4 Å². The van der Waals surface area contributed by atoms with Crippen molar-refractivity contribution in [2.45, 2.75) is 63.8 Å². The summed E-state index contributed by atoms with van der Waals surface area (Å²) in [7, 11) is 1.40. The average molecular weight is 645 g/mol. The number of rotatable bonds is 17. The molecule has 12 heteroatoms. The van der Waals surface area contributed by atoms with Crippen LogP contribution in [0.25, 0.3) is 0 Å². The second-order valence-corrected chi connectivity index (χ2v) is 11.3. The molecule has 0 heterocycles. The van der Waals surface area contributed by atoms with E-state index in [4.69, 9.17) is 16.2 Å². The van der Waals surface area contributed by atoms with Gasteiger partial charge in [0.2, 0.25) is 17.7 Å². The summed E-state index contributed by atoms with van der Waals surface area (Å²) >= 11 is 0. The lowest BCUT2D eigenvalue weighted by molar-refractivity contribution is -0.150. The van der Waals surface area contributed by atoms with Gasteiger partial charge in [-0.1, -0.05) is 78.9 Å². The number of benzene rings is 3. The lowest BCUT2D eigenvalue weighted by Crippen LogP contribution is -2.56. The van der Waals surface area contributed by atoms with Crippen LogP contribution in [0.3, 0.4) is 0 Å². The Morgan fingerprint density at radius 1 is 0.851 bits per heavy atom. The van der Waals surface area contributed by atoms with Gasteiger partial charge in [0.05, 0.1) is 12.5 Å². The summed E-state index contributed by atoms with van der Waals surface area (Å²) < 4.78 is 5.37. The van der Waals surface area contributed by atoms with E-state index in [2.05, 4.69) is 16.0 Å². The first-order valence-corrected chi connectivity index (χ1v) is 15.5. The third-order valence-corrected chi connectivity index (χ3v) is 7.60. The number of nitrogens with zero attached hydrogens (tertiary/aromatic N) is 1. The van der Waals surface area contributed by atoms with E-state index in [1.807, 2.05) is 43.3 Å². The summed E-state index contributed by atoms with van der Waals surface area (Å²) in [5, 5.41) is 8.15. The normalized spacial score (nSPS) is 12.6. The number of hydrogen-bond acceptors (Lipinski definition) is 7.